The molecule has 102 valence electrons. The molecule has 0 radical (unpaired) electrons. The standard InChI is InChI=1S/C11H15N5O2S/c1-9-12-6-7-16(9)11-5-4-10(8-13-11)14-19(17,18)15(2)3/h4-8,14H,1-3H3. The quantitative estimate of drug-likeness (QED) is 0.898. The lowest BCUT2D eigenvalue weighted by atomic mass is 10.4. The van der Waals surface area contributed by atoms with Crippen molar-refractivity contribution < 1.29 is 8.42 Å². The van der Waals surface area contributed by atoms with Crippen LogP contribution in [0.4, 0.5) is 5.69 Å². The molecule has 0 aromatic carbocycles. The average Bonchev–Trinajstić information content (AvgIpc) is 2.76. The highest BCUT2D eigenvalue weighted by Gasteiger charge is 2.13. The second-order valence-corrected chi connectivity index (χ2v) is 6.02. The Morgan fingerprint density at radius 2 is 2.00 bits per heavy atom. The number of rotatable bonds is 4. The summed E-state index contributed by atoms with van der Waals surface area (Å²) in [5, 5.41) is 0. The van der Waals surface area contributed by atoms with Gasteiger partial charge < -0.3 is 0 Å². The van der Waals surface area contributed by atoms with Crippen molar-refractivity contribution in [1.82, 2.24) is 18.8 Å². The van der Waals surface area contributed by atoms with Crippen molar-refractivity contribution in [2.45, 2.75) is 6.92 Å². The van der Waals surface area contributed by atoms with Crippen LogP contribution in [0.2, 0.25) is 0 Å². The highest BCUT2D eigenvalue weighted by atomic mass is 32.2. The van der Waals surface area contributed by atoms with Crippen molar-refractivity contribution in [3.63, 3.8) is 0 Å². The third kappa shape index (κ3) is 2.91. The van der Waals surface area contributed by atoms with E-state index in [1.807, 2.05) is 11.5 Å². The molecular formula is C11H15N5O2S. The smallest absolute Gasteiger partial charge is 0.288 e. The number of hydrogen-bond acceptors (Lipinski definition) is 4. The van der Waals surface area contributed by atoms with Crippen LogP contribution in [-0.4, -0.2) is 41.4 Å². The summed E-state index contributed by atoms with van der Waals surface area (Å²) in [6.07, 6.45) is 4.94. The molecule has 0 aliphatic rings. The van der Waals surface area contributed by atoms with Gasteiger partial charge in [0.15, 0.2) is 0 Å². The Kier molecular flexibility index (Phi) is 3.54. The molecule has 2 rings (SSSR count). The molecule has 2 aromatic heterocycles. The Hall–Kier alpha value is -1.93. The van der Waals surface area contributed by atoms with Gasteiger partial charge in [-0.1, -0.05) is 0 Å². The molecule has 7 nitrogen and oxygen atoms in total. The topological polar surface area (TPSA) is 80.1 Å². The van der Waals surface area contributed by atoms with Gasteiger partial charge in [-0.05, 0) is 19.1 Å². The van der Waals surface area contributed by atoms with Gasteiger partial charge in [0, 0.05) is 26.5 Å². The van der Waals surface area contributed by atoms with Crippen molar-refractivity contribution in [3.8, 4) is 5.82 Å². The van der Waals surface area contributed by atoms with Gasteiger partial charge in [-0.15, -0.1) is 0 Å². The van der Waals surface area contributed by atoms with E-state index in [0.29, 0.717) is 11.5 Å². The maximum absolute atomic E-state index is 11.6. The minimum Gasteiger partial charge on any atom is -0.288 e. The van der Waals surface area contributed by atoms with Gasteiger partial charge in [-0.2, -0.15) is 12.7 Å². The summed E-state index contributed by atoms with van der Waals surface area (Å²) in [5.74, 6) is 1.50. The number of anilines is 1. The zero-order chi connectivity index (χ0) is 14.0. The Balaban J connectivity index is 2.23. The first-order valence-corrected chi connectivity index (χ1v) is 7.01. The predicted molar refractivity (Wildman–Crippen MR) is 72.3 cm³/mol. The first kappa shape index (κ1) is 13.5. The van der Waals surface area contributed by atoms with Gasteiger partial charge in [0.25, 0.3) is 0 Å². The van der Waals surface area contributed by atoms with Crippen LogP contribution in [0.25, 0.3) is 5.82 Å². The third-order valence-electron chi connectivity index (χ3n) is 2.55. The van der Waals surface area contributed by atoms with Crippen LogP contribution in [0, 0.1) is 6.92 Å². The largest absolute Gasteiger partial charge is 0.301 e. The van der Waals surface area contributed by atoms with Crippen molar-refractivity contribution in [1.29, 1.82) is 0 Å². The summed E-state index contributed by atoms with van der Waals surface area (Å²) < 4.78 is 28.6. The van der Waals surface area contributed by atoms with E-state index >= 15 is 0 Å². The fourth-order valence-corrected chi connectivity index (χ4v) is 2.05. The molecule has 0 unspecified atom stereocenters. The highest BCUT2D eigenvalue weighted by Crippen LogP contribution is 2.13. The van der Waals surface area contributed by atoms with E-state index in [9.17, 15) is 8.42 Å². The third-order valence-corrected chi connectivity index (χ3v) is 4.00. The molecule has 0 atom stereocenters. The van der Waals surface area contributed by atoms with Crippen LogP contribution < -0.4 is 4.72 Å². The SMILES string of the molecule is Cc1nccn1-c1ccc(NS(=O)(=O)N(C)C)cn1. The van der Waals surface area contributed by atoms with Crippen LogP contribution in [0.5, 0.6) is 0 Å². The Bertz CT molecular complexity index is 661. The molecule has 8 heteroatoms. The lowest BCUT2D eigenvalue weighted by Gasteiger charge is -2.13. The minimum absolute atomic E-state index is 0.412. The number of pyridine rings is 1. The van der Waals surface area contributed by atoms with Gasteiger partial charge in [0.2, 0.25) is 0 Å². The maximum atomic E-state index is 11.6. The summed E-state index contributed by atoms with van der Waals surface area (Å²) in [7, 11) is -0.587. The van der Waals surface area contributed by atoms with E-state index in [2.05, 4.69) is 14.7 Å². The van der Waals surface area contributed by atoms with Crippen molar-refractivity contribution >= 4 is 15.9 Å². The normalized spacial score (nSPS) is 11.8. The van der Waals surface area contributed by atoms with E-state index in [0.717, 1.165) is 10.1 Å². The second-order valence-electron chi connectivity index (χ2n) is 4.14. The van der Waals surface area contributed by atoms with E-state index in [-0.39, 0.29) is 0 Å². The molecule has 2 aromatic rings. The van der Waals surface area contributed by atoms with Crippen LogP contribution in [0.15, 0.2) is 30.7 Å². The molecule has 0 bridgehead atoms. The average molecular weight is 281 g/mol. The second kappa shape index (κ2) is 4.98. The monoisotopic (exact) mass is 281 g/mol. The first-order valence-electron chi connectivity index (χ1n) is 5.57. The lowest BCUT2D eigenvalue weighted by molar-refractivity contribution is 0.527. The highest BCUT2D eigenvalue weighted by molar-refractivity contribution is 7.90. The summed E-state index contributed by atoms with van der Waals surface area (Å²) in [6.45, 7) is 1.87. The van der Waals surface area contributed by atoms with Crippen LogP contribution in [0.3, 0.4) is 0 Å². The number of nitrogens with zero attached hydrogens (tertiary/aromatic N) is 4. The van der Waals surface area contributed by atoms with Gasteiger partial charge in [0.05, 0.1) is 11.9 Å². The molecule has 0 amide bonds. The Labute approximate surface area is 112 Å². The van der Waals surface area contributed by atoms with Crippen molar-refractivity contribution in [2.75, 3.05) is 18.8 Å². The van der Waals surface area contributed by atoms with E-state index in [1.54, 1.807) is 24.5 Å². The van der Waals surface area contributed by atoms with E-state index < -0.39 is 10.2 Å². The zero-order valence-corrected chi connectivity index (χ0v) is 11.7. The van der Waals surface area contributed by atoms with Gasteiger partial charge in [0.1, 0.15) is 11.6 Å². The minimum atomic E-state index is -3.50. The van der Waals surface area contributed by atoms with Crippen molar-refractivity contribution in [3.05, 3.63) is 36.5 Å². The van der Waals surface area contributed by atoms with Crippen LogP contribution in [-0.2, 0) is 10.2 Å². The van der Waals surface area contributed by atoms with Gasteiger partial charge in [-0.3, -0.25) is 9.29 Å². The van der Waals surface area contributed by atoms with E-state index in [1.165, 1.54) is 20.3 Å². The first-order chi connectivity index (χ1) is 8.90. The maximum Gasteiger partial charge on any atom is 0.301 e. The van der Waals surface area contributed by atoms with E-state index in [4.69, 9.17) is 0 Å². The fraction of sp³-hybridized carbons (Fsp3) is 0.273. The van der Waals surface area contributed by atoms with Crippen LogP contribution >= 0.6 is 0 Å². The van der Waals surface area contributed by atoms with Gasteiger partial charge >= 0.3 is 10.2 Å². The fourth-order valence-electron chi connectivity index (χ4n) is 1.45. The molecule has 0 saturated heterocycles. The summed E-state index contributed by atoms with van der Waals surface area (Å²) in [4.78, 5) is 8.31. The van der Waals surface area contributed by atoms with Crippen LogP contribution in [0.1, 0.15) is 5.82 Å². The number of aryl methyl sites for hydroxylation is 1. The summed E-state index contributed by atoms with van der Waals surface area (Å²) in [5.41, 5.74) is 0.412. The predicted octanol–water partition coefficient (Wildman–Crippen LogP) is 0.794. The number of aromatic nitrogens is 3. The number of imidazole rings is 1. The van der Waals surface area contributed by atoms with Gasteiger partial charge in [-0.25, -0.2) is 9.97 Å². The number of nitrogens with one attached hydrogen (secondary N) is 1. The molecule has 19 heavy (non-hydrogen) atoms. The molecule has 0 aliphatic carbocycles. The molecule has 0 fully saturated rings. The molecule has 0 aliphatic heterocycles. The lowest BCUT2D eigenvalue weighted by Crippen LogP contribution is -2.28. The Morgan fingerprint density at radius 3 is 2.47 bits per heavy atom. The summed E-state index contributed by atoms with van der Waals surface area (Å²) >= 11 is 0. The molecule has 1 N–H and O–H groups in total. The summed E-state index contributed by atoms with van der Waals surface area (Å²) in [6, 6.07) is 3.38. The number of hydrogen-bond donors (Lipinski definition) is 1. The Morgan fingerprint density at radius 1 is 1.26 bits per heavy atom. The molecule has 2 heterocycles. The molecular weight excluding hydrogens is 266 g/mol. The van der Waals surface area contributed by atoms with Crippen molar-refractivity contribution in [2.24, 2.45) is 0 Å². The molecule has 0 saturated carbocycles. The zero-order valence-electron chi connectivity index (χ0n) is 10.9. The molecule has 0 spiro atoms.